The van der Waals surface area contributed by atoms with Gasteiger partial charge in [0, 0.05) is 4.88 Å². The third kappa shape index (κ3) is 4.29. The van der Waals surface area contributed by atoms with E-state index in [9.17, 15) is 13.2 Å². The smallest absolute Gasteiger partial charge is 0.321 e. The van der Waals surface area contributed by atoms with Crippen LogP contribution in [0, 0.1) is 19.8 Å². The number of sulfonamides is 1. The Bertz CT molecular complexity index is 560. The van der Waals surface area contributed by atoms with Crippen molar-refractivity contribution in [2.75, 3.05) is 0 Å². The maximum absolute atomic E-state index is 12.2. The maximum Gasteiger partial charge on any atom is 0.321 e. The van der Waals surface area contributed by atoms with Gasteiger partial charge in [-0.2, -0.15) is 4.72 Å². The van der Waals surface area contributed by atoms with Gasteiger partial charge in [0.25, 0.3) is 10.0 Å². The molecule has 1 heterocycles. The monoisotopic (exact) mass is 305 g/mol. The molecule has 0 aliphatic rings. The molecule has 1 aromatic rings. The molecule has 0 radical (unpaired) electrons. The number of carbonyl (C=O) groups is 1. The van der Waals surface area contributed by atoms with E-state index in [0.29, 0.717) is 5.56 Å². The first kappa shape index (κ1) is 16.1. The van der Waals surface area contributed by atoms with Crippen LogP contribution in [0.3, 0.4) is 0 Å². The summed E-state index contributed by atoms with van der Waals surface area (Å²) in [5, 5.41) is 9.08. The van der Waals surface area contributed by atoms with Crippen LogP contribution in [0.25, 0.3) is 0 Å². The third-order valence-electron chi connectivity index (χ3n) is 2.54. The summed E-state index contributed by atoms with van der Waals surface area (Å²) >= 11 is 1.15. The van der Waals surface area contributed by atoms with E-state index in [1.165, 1.54) is 0 Å². The number of carboxylic acids is 1. The molecule has 1 aromatic heterocycles. The van der Waals surface area contributed by atoms with Gasteiger partial charge in [-0.25, -0.2) is 8.42 Å². The van der Waals surface area contributed by atoms with E-state index in [1.807, 2.05) is 20.8 Å². The van der Waals surface area contributed by atoms with Gasteiger partial charge in [0.05, 0.1) is 0 Å². The Morgan fingerprint density at radius 3 is 2.37 bits per heavy atom. The van der Waals surface area contributed by atoms with E-state index < -0.39 is 22.0 Å². The fourth-order valence-electron chi connectivity index (χ4n) is 1.80. The summed E-state index contributed by atoms with van der Waals surface area (Å²) in [6.07, 6.45) is 0.262. The topological polar surface area (TPSA) is 83.5 Å². The van der Waals surface area contributed by atoms with Crippen LogP contribution in [0.4, 0.5) is 0 Å². The van der Waals surface area contributed by atoms with Crippen LogP contribution >= 0.6 is 11.3 Å². The summed E-state index contributed by atoms with van der Waals surface area (Å²) in [6.45, 7) is 7.23. The number of aryl methyl sites for hydroxylation is 2. The Kier molecular flexibility index (Phi) is 5.11. The zero-order valence-corrected chi connectivity index (χ0v) is 13.1. The number of hydrogen-bond acceptors (Lipinski definition) is 4. The van der Waals surface area contributed by atoms with E-state index in [1.54, 1.807) is 13.0 Å². The summed E-state index contributed by atoms with van der Waals surface area (Å²) < 4.78 is 26.9. The first-order valence-corrected chi connectivity index (χ1v) is 8.25. The van der Waals surface area contributed by atoms with Gasteiger partial charge in [-0.3, -0.25) is 4.79 Å². The quantitative estimate of drug-likeness (QED) is 0.843. The Balaban J connectivity index is 3.01. The highest BCUT2D eigenvalue weighted by molar-refractivity contribution is 7.91. The average Bonchev–Trinajstić information content (AvgIpc) is 2.56. The van der Waals surface area contributed by atoms with Gasteiger partial charge in [0.1, 0.15) is 10.3 Å². The Morgan fingerprint density at radius 1 is 1.42 bits per heavy atom. The van der Waals surface area contributed by atoms with Crippen molar-refractivity contribution in [1.82, 2.24) is 4.72 Å². The van der Waals surface area contributed by atoms with Gasteiger partial charge in [-0.15, -0.1) is 11.3 Å². The van der Waals surface area contributed by atoms with Crippen molar-refractivity contribution in [2.45, 2.75) is 44.4 Å². The minimum Gasteiger partial charge on any atom is -0.480 e. The van der Waals surface area contributed by atoms with Gasteiger partial charge in [0.2, 0.25) is 0 Å². The second-order valence-electron chi connectivity index (χ2n) is 4.97. The predicted molar refractivity (Wildman–Crippen MR) is 75.0 cm³/mol. The molecular weight excluding hydrogens is 286 g/mol. The van der Waals surface area contributed by atoms with Gasteiger partial charge >= 0.3 is 5.97 Å². The molecular formula is C12H19NO4S2. The summed E-state index contributed by atoms with van der Waals surface area (Å²) in [6, 6.07) is 0.684. The molecule has 7 heteroatoms. The van der Waals surface area contributed by atoms with Crippen molar-refractivity contribution in [1.29, 1.82) is 0 Å². The average molecular weight is 305 g/mol. The predicted octanol–water partition coefficient (Wildman–Crippen LogP) is 2.14. The van der Waals surface area contributed by atoms with Gasteiger partial charge < -0.3 is 5.11 Å². The molecule has 0 saturated carbocycles. The maximum atomic E-state index is 12.2. The van der Waals surface area contributed by atoms with Crippen molar-refractivity contribution >= 4 is 27.3 Å². The number of carboxylic acid groups (broad SMARTS) is 1. The van der Waals surface area contributed by atoms with Crippen molar-refractivity contribution < 1.29 is 18.3 Å². The fourth-order valence-corrected chi connectivity index (χ4v) is 4.69. The number of nitrogens with one attached hydrogen (secondary N) is 1. The fraction of sp³-hybridized carbons (Fsp3) is 0.583. The molecule has 0 saturated heterocycles. The zero-order chi connectivity index (χ0) is 14.8. The molecule has 0 fully saturated rings. The van der Waals surface area contributed by atoms with Crippen molar-refractivity contribution in [3.05, 3.63) is 16.5 Å². The van der Waals surface area contributed by atoms with Crippen LogP contribution < -0.4 is 4.72 Å². The zero-order valence-electron chi connectivity index (χ0n) is 11.4. The standard InChI is InChI=1S/C12H19NO4S2/c1-7(2)5-10(11(14)15)13-19(16,17)12-8(3)6-9(4)18-12/h6-7,10,13H,5H2,1-4H3,(H,14,15)/t10-/m0/s1. The normalized spacial score (nSPS) is 13.7. The van der Waals surface area contributed by atoms with Crippen LogP contribution in [0.1, 0.15) is 30.7 Å². The van der Waals surface area contributed by atoms with Crippen LogP contribution in [-0.2, 0) is 14.8 Å². The van der Waals surface area contributed by atoms with E-state index in [-0.39, 0.29) is 16.5 Å². The number of thiophene rings is 1. The summed E-state index contributed by atoms with van der Waals surface area (Å²) in [4.78, 5) is 12.0. The Hall–Kier alpha value is -0.920. The molecule has 1 rings (SSSR count). The van der Waals surface area contributed by atoms with E-state index in [2.05, 4.69) is 4.72 Å². The highest BCUT2D eigenvalue weighted by atomic mass is 32.2. The first-order chi connectivity index (χ1) is 8.63. The Labute approximate surface area is 117 Å². The minimum absolute atomic E-state index is 0.0926. The molecule has 0 amide bonds. The SMILES string of the molecule is Cc1cc(C)c(S(=O)(=O)N[C@@H](CC(C)C)C(=O)O)s1. The molecule has 108 valence electrons. The van der Waals surface area contributed by atoms with Gasteiger partial charge in [0.15, 0.2) is 0 Å². The van der Waals surface area contributed by atoms with Crippen molar-refractivity contribution in [3.8, 4) is 0 Å². The molecule has 5 nitrogen and oxygen atoms in total. The largest absolute Gasteiger partial charge is 0.480 e. The molecule has 1 atom stereocenters. The van der Waals surface area contributed by atoms with Crippen molar-refractivity contribution in [2.24, 2.45) is 5.92 Å². The van der Waals surface area contributed by atoms with Crippen LogP contribution in [0.2, 0.25) is 0 Å². The molecule has 0 spiro atoms. The first-order valence-electron chi connectivity index (χ1n) is 5.95. The lowest BCUT2D eigenvalue weighted by molar-refractivity contribution is -0.139. The molecule has 0 unspecified atom stereocenters. The van der Waals surface area contributed by atoms with E-state index >= 15 is 0 Å². The number of rotatable bonds is 6. The second kappa shape index (κ2) is 6.02. The lowest BCUT2D eigenvalue weighted by Crippen LogP contribution is -2.41. The highest BCUT2D eigenvalue weighted by Crippen LogP contribution is 2.26. The molecule has 19 heavy (non-hydrogen) atoms. The van der Waals surface area contributed by atoms with Crippen LogP contribution in [-0.4, -0.2) is 25.5 Å². The number of hydrogen-bond donors (Lipinski definition) is 2. The summed E-state index contributed by atoms with van der Waals surface area (Å²) in [7, 11) is -3.77. The molecule has 0 aromatic carbocycles. The second-order valence-corrected chi connectivity index (χ2v) is 8.13. The summed E-state index contributed by atoms with van der Waals surface area (Å²) in [5.74, 6) is -1.06. The third-order valence-corrected chi connectivity index (χ3v) is 5.80. The molecule has 2 N–H and O–H groups in total. The lowest BCUT2D eigenvalue weighted by Gasteiger charge is -2.16. The van der Waals surface area contributed by atoms with Crippen LogP contribution in [0.15, 0.2) is 10.3 Å². The summed E-state index contributed by atoms with van der Waals surface area (Å²) in [5.41, 5.74) is 0.642. The van der Waals surface area contributed by atoms with Crippen LogP contribution in [0.5, 0.6) is 0 Å². The molecule has 0 aliphatic heterocycles. The van der Waals surface area contributed by atoms with E-state index in [0.717, 1.165) is 16.2 Å². The van der Waals surface area contributed by atoms with E-state index in [4.69, 9.17) is 5.11 Å². The Morgan fingerprint density at radius 2 is 2.00 bits per heavy atom. The van der Waals surface area contributed by atoms with Gasteiger partial charge in [-0.1, -0.05) is 13.8 Å². The molecule has 0 bridgehead atoms. The molecule has 0 aliphatic carbocycles. The van der Waals surface area contributed by atoms with Gasteiger partial charge in [-0.05, 0) is 37.8 Å². The lowest BCUT2D eigenvalue weighted by atomic mass is 10.1. The minimum atomic E-state index is -3.77. The number of aliphatic carboxylic acids is 1. The highest BCUT2D eigenvalue weighted by Gasteiger charge is 2.28. The van der Waals surface area contributed by atoms with Crippen molar-refractivity contribution in [3.63, 3.8) is 0 Å².